The van der Waals surface area contributed by atoms with Gasteiger partial charge in [-0.3, -0.25) is 4.79 Å². The maximum Gasteiger partial charge on any atom is 0.406 e. The number of rotatable bonds is 3. The molecule has 2 N–H and O–H groups in total. The third-order valence-corrected chi connectivity index (χ3v) is 2.20. The van der Waals surface area contributed by atoms with Gasteiger partial charge < -0.3 is 15.4 Å². The summed E-state index contributed by atoms with van der Waals surface area (Å²) in [4.78, 5) is 21.7. The molecule has 2 amide bonds. The lowest BCUT2D eigenvalue weighted by molar-refractivity contribution is -0.122. The number of carbonyl (C=O) groups is 2. The topological polar surface area (TPSA) is 67.4 Å². The Morgan fingerprint density at radius 1 is 1.54 bits per heavy atom. The predicted molar refractivity (Wildman–Crippen MR) is 46.1 cm³/mol. The zero-order chi connectivity index (χ0) is 9.84. The van der Waals surface area contributed by atoms with Crippen molar-refractivity contribution >= 4 is 12.0 Å². The minimum atomic E-state index is -0.442. The molecule has 5 heteroatoms. The van der Waals surface area contributed by atoms with E-state index in [0.29, 0.717) is 6.54 Å². The van der Waals surface area contributed by atoms with Crippen molar-refractivity contribution in [2.45, 2.75) is 6.42 Å². The maximum atomic E-state index is 11.0. The van der Waals surface area contributed by atoms with E-state index in [4.69, 9.17) is 0 Å². The quantitative estimate of drug-likeness (QED) is 0.637. The molecular formula is C8H14N2O3. The Hall–Kier alpha value is -1.26. The molecule has 0 spiro atoms. The number of methoxy groups -OCH3 is 1. The predicted octanol–water partition coefficient (Wildman–Crippen LogP) is -0.275. The van der Waals surface area contributed by atoms with Gasteiger partial charge in [-0.1, -0.05) is 0 Å². The number of alkyl carbamates (subject to hydrolysis) is 1. The van der Waals surface area contributed by atoms with Crippen LogP contribution in [0.4, 0.5) is 4.79 Å². The van der Waals surface area contributed by atoms with Crippen molar-refractivity contribution in [1.82, 2.24) is 10.6 Å². The molecule has 2 atom stereocenters. The lowest BCUT2D eigenvalue weighted by Gasteiger charge is -2.01. The Bertz CT molecular complexity index is 217. The molecule has 0 aromatic rings. The molecule has 2 unspecified atom stereocenters. The molecule has 0 aromatic heterocycles. The van der Waals surface area contributed by atoms with Gasteiger partial charge in [0, 0.05) is 19.5 Å². The van der Waals surface area contributed by atoms with E-state index in [1.54, 1.807) is 7.05 Å². The van der Waals surface area contributed by atoms with Gasteiger partial charge in [-0.2, -0.15) is 0 Å². The van der Waals surface area contributed by atoms with Gasteiger partial charge in [0.25, 0.3) is 0 Å². The number of hydrogen-bond acceptors (Lipinski definition) is 3. The van der Waals surface area contributed by atoms with Crippen LogP contribution < -0.4 is 10.6 Å². The van der Waals surface area contributed by atoms with Crippen LogP contribution in [-0.4, -0.2) is 32.7 Å². The van der Waals surface area contributed by atoms with Crippen LogP contribution in [0.3, 0.4) is 0 Å². The third kappa shape index (κ3) is 2.61. The summed E-state index contributed by atoms with van der Waals surface area (Å²) in [6.45, 7) is 0.519. The molecular weight excluding hydrogens is 172 g/mol. The number of hydrogen-bond donors (Lipinski definition) is 2. The van der Waals surface area contributed by atoms with Crippen molar-refractivity contribution in [3.05, 3.63) is 0 Å². The summed E-state index contributed by atoms with van der Waals surface area (Å²) in [6, 6.07) is 0. The van der Waals surface area contributed by atoms with E-state index >= 15 is 0 Å². The molecule has 1 fully saturated rings. The van der Waals surface area contributed by atoms with E-state index in [0.717, 1.165) is 6.42 Å². The summed E-state index contributed by atoms with van der Waals surface area (Å²) in [5, 5.41) is 5.14. The Balaban J connectivity index is 2.14. The second kappa shape index (κ2) is 4.11. The summed E-state index contributed by atoms with van der Waals surface area (Å²) in [6.07, 6.45) is 0.409. The van der Waals surface area contributed by atoms with E-state index in [1.165, 1.54) is 7.11 Å². The van der Waals surface area contributed by atoms with Gasteiger partial charge in [0.1, 0.15) is 0 Å². The van der Waals surface area contributed by atoms with Crippen LogP contribution in [0, 0.1) is 11.8 Å². The average Bonchev–Trinajstić information content (AvgIpc) is 2.92. The van der Waals surface area contributed by atoms with Crippen LogP contribution >= 0.6 is 0 Å². The molecule has 13 heavy (non-hydrogen) atoms. The molecule has 5 nitrogen and oxygen atoms in total. The standard InChI is InChI=1S/C8H14N2O3/c1-9-7(11)6-3-5(6)4-10-8(12)13-2/h5-6H,3-4H2,1-2H3,(H,9,11)(H,10,12). The maximum absolute atomic E-state index is 11.0. The van der Waals surface area contributed by atoms with E-state index in [1.807, 2.05) is 0 Å². The highest BCUT2D eigenvalue weighted by atomic mass is 16.5. The van der Waals surface area contributed by atoms with Crippen LogP contribution in [-0.2, 0) is 9.53 Å². The van der Waals surface area contributed by atoms with Crippen LogP contribution in [0.25, 0.3) is 0 Å². The molecule has 0 heterocycles. The van der Waals surface area contributed by atoms with Gasteiger partial charge in [0.05, 0.1) is 7.11 Å². The Labute approximate surface area is 76.8 Å². The highest BCUT2D eigenvalue weighted by Crippen LogP contribution is 2.37. The molecule has 0 saturated heterocycles. The minimum Gasteiger partial charge on any atom is -0.453 e. The molecule has 1 aliphatic rings. The number of carbonyl (C=O) groups excluding carboxylic acids is 2. The van der Waals surface area contributed by atoms with E-state index in [-0.39, 0.29) is 17.7 Å². The van der Waals surface area contributed by atoms with Crippen LogP contribution in [0.15, 0.2) is 0 Å². The van der Waals surface area contributed by atoms with Gasteiger partial charge in [-0.15, -0.1) is 0 Å². The first-order valence-electron chi connectivity index (χ1n) is 4.22. The van der Waals surface area contributed by atoms with Crippen molar-refractivity contribution in [3.63, 3.8) is 0 Å². The van der Waals surface area contributed by atoms with Crippen molar-refractivity contribution in [1.29, 1.82) is 0 Å². The second-order valence-electron chi connectivity index (χ2n) is 3.09. The van der Waals surface area contributed by atoms with E-state index in [9.17, 15) is 9.59 Å². The first-order chi connectivity index (χ1) is 6.19. The molecule has 1 saturated carbocycles. The molecule has 0 radical (unpaired) electrons. The van der Waals surface area contributed by atoms with Gasteiger partial charge >= 0.3 is 6.09 Å². The monoisotopic (exact) mass is 186 g/mol. The van der Waals surface area contributed by atoms with E-state index < -0.39 is 6.09 Å². The van der Waals surface area contributed by atoms with Crippen molar-refractivity contribution in [2.75, 3.05) is 20.7 Å². The SMILES string of the molecule is CNC(=O)C1CC1CNC(=O)OC. The highest BCUT2D eigenvalue weighted by Gasteiger charge is 2.42. The molecule has 1 aliphatic carbocycles. The van der Waals surface area contributed by atoms with Crippen molar-refractivity contribution in [3.8, 4) is 0 Å². The van der Waals surface area contributed by atoms with Gasteiger partial charge in [-0.25, -0.2) is 4.79 Å². The van der Waals surface area contributed by atoms with Gasteiger partial charge in [0.15, 0.2) is 0 Å². The molecule has 0 bridgehead atoms. The number of ether oxygens (including phenoxy) is 1. The molecule has 0 aliphatic heterocycles. The fourth-order valence-electron chi connectivity index (χ4n) is 1.27. The van der Waals surface area contributed by atoms with Crippen LogP contribution in [0.1, 0.15) is 6.42 Å². The van der Waals surface area contributed by atoms with Crippen LogP contribution in [0.2, 0.25) is 0 Å². The zero-order valence-corrected chi connectivity index (χ0v) is 7.79. The Morgan fingerprint density at radius 3 is 2.77 bits per heavy atom. The van der Waals surface area contributed by atoms with E-state index in [2.05, 4.69) is 15.4 Å². The minimum absolute atomic E-state index is 0.0525. The largest absolute Gasteiger partial charge is 0.453 e. The lowest BCUT2D eigenvalue weighted by Crippen LogP contribution is -2.27. The van der Waals surface area contributed by atoms with Crippen LogP contribution in [0.5, 0.6) is 0 Å². The first kappa shape index (κ1) is 9.83. The smallest absolute Gasteiger partial charge is 0.406 e. The Kier molecular flexibility index (Phi) is 3.11. The normalized spacial score (nSPS) is 24.8. The fourth-order valence-corrected chi connectivity index (χ4v) is 1.27. The molecule has 74 valence electrons. The lowest BCUT2D eigenvalue weighted by atomic mass is 10.3. The summed E-state index contributed by atoms with van der Waals surface area (Å²) >= 11 is 0. The average molecular weight is 186 g/mol. The number of nitrogens with one attached hydrogen (secondary N) is 2. The first-order valence-corrected chi connectivity index (χ1v) is 4.22. The molecule has 1 rings (SSSR count). The number of amides is 2. The highest BCUT2D eigenvalue weighted by molar-refractivity contribution is 5.81. The summed E-state index contributed by atoms with van der Waals surface area (Å²) in [7, 11) is 2.93. The fraction of sp³-hybridized carbons (Fsp3) is 0.750. The second-order valence-corrected chi connectivity index (χ2v) is 3.09. The summed E-state index contributed by atoms with van der Waals surface area (Å²) in [5.41, 5.74) is 0. The molecule has 0 aromatic carbocycles. The summed E-state index contributed by atoms with van der Waals surface area (Å²) in [5.74, 6) is 0.401. The Morgan fingerprint density at radius 2 is 2.23 bits per heavy atom. The summed E-state index contributed by atoms with van der Waals surface area (Å²) < 4.78 is 4.40. The zero-order valence-electron chi connectivity index (χ0n) is 7.79. The van der Waals surface area contributed by atoms with Crippen molar-refractivity contribution < 1.29 is 14.3 Å². The third-order valence-electron chi connectivity index (χ3n) is 2.20. The van der Waals surface area contributed by atoms with Gasteiger partial charge in [0.2, 0.25) is 5.91 Å². The van der Waals surface area contributed by atoms with Gasteiger partial charge in [-0.05, 0) is 12.3 Å². The van der Waals surface area contributed by atoms with Crippen molar-refractivity contribution in [2.24, 2.45) is 11.8 Å².